The number of sulfone groups is 1. The highest BCUT2D eigenvalue weighted by Gasteiger charge is 2.47. The van der Waals surface area contributed by atoms with E-state index in [-0.39, 0.29) is 41.7 Å². The topological polar surface area (TPSA) is 105 Å². The lowest BCUT2D eigenvalue weighted by molar-refractivity contribution is -0.117. The molecule has 2 fully saturated rings. The van der Waals surface area contributed by atoms with Crippen LogP contribution in [0.1, 0.15) is 27.2 Å². The number of hydrogen-bond acceptors (Lipinski definition) is 6. The van der Waals surface area contributed by atoms with Gasteiger partial charge < -0.3 is 15.0 Å². The Morgan fingerprint density at radius 1 is 1.38 bits per heavy atom. The number of nitrogens with zero attached hydrogens (tertiary/aromatic N) is 2. The van der Waals surface area contributed by atoms with E-state index < -0.39 is 21.5 Å². The zero-order chi connectivity index (χ0) is 18.1. The number of amides is 2. The van der Waals surface area contributed by atoms with E-state index in [1.54, 1.807) is 32.7 Å². The minimum Gasteiger partial charge on any atom is -0.444 e. The van der Waals surface area contributed by atoms with Crippen molar-refractivity contribution in [2.45, 2.75) is 44.1 Å². The zero-order valence-corrected chi connectivity index (χ0v) is 15.9. The number of carbonyl (C=O) groups is 2. The number of alkyl carbamates (subject to hydrolysis) is 1. The van der Waals surface area contributed by atoms with Gasteiger partial charge in [-0.15, -0.1) is 0 Å². The van der Waals surface area contributed by atoms with Gasteiger partial charge in [0.25, 0.3) is 0 Å². The van der Waals surface area contributed by atoms with Gasteiger partial charge in [-0.25, -0.2) is 13.2 Å². The van der Waals surface area contributed by atoms with Gasteiger partial charge in [0.05, 0.1) is 17.5 Å². The smallest absolute Gasteiger partial charge is 0.407 e. The van der Waals surface area contributed by atoms with Gasteiger partial charge in [0.1, 0.15) is 5.60 Å². The maximum Gasteiger partial charge on any atom is 0.407 e. The van der Waals surface area contributed by atoms with Crippen LogP contribution in [-0.4, -0.2) is 72.5 Å². The second-order valence-corrected chi connectivity index (χ2v) is 10.2. The minimum absolute atomic E-state index is 0.0603. The van der Waals surface area contributed by atoms with E-state index in [4.69, 9.17) is 4.74 Å². The van der Waals surface area contributed by atoms with Crippen LogP contribution in [0.25, 0.3) is 0 Å². The van der Waals surface area contributed by atoms with Crippen LogP contribution < -0.4 is 5.32 Å². The van der Waals surface area contributed by atoms with Crippen molar-refractivity contribution in [2.75, 3.05) is 25.1 Å². The normalized spacial score (nSPS) is 27.2. The number of rotatable bonds is 3. The number of nitrogens with one attached hydrogen (secondary N) is 1. The fraction of sp³-hybridized carbons (Fsp3) is 0.786. The molecule has 0 spiro atoms. The van der Waals surface area contributed by atoms with Crippen LogP contribution in [0.2, 0.25) is 0 Å². The highest BCUT2D eigenvalue weighted by Crippen LogP contribution is 2.36. The van der Waals surface area contributed by atoms with Crippen molar-refractivity contribution in [3.8, 4) is 0 Å². The Morgan fingerprint density at radius 2 is 2.04 bits per heavy atom. The summed E-state index contributed by atoms with van der Waals surface area (Å²) in [4.78, 5) is 29.2. The molecule has 2 atom stereocenters. The molecule has 0 aliphatic carbocycles. The molecule has 2 heterocycles. The predicted molar refractivity (Wildman–Crippen MR) is 92.9 cm³/mol. The van der Waals surface area contributed by atoms with E-state index in [1.165, 1.54) is 11.8 Å². The standard InChI is InChI=1S/C14H23N3O5S2/c1-14(2,3)22-13(19)15-6-5-11(18)16-12-17(4)9-7-24(20,21)8-10(9)23-12/h9-10H,5-8H2,1-4H3,(H,15,19)/t9-,10-/m1/s1. The van der Waals surface area contributed by atoms with Gasteiger partial charge in [-0.1, -0.05) is 11.8 Å². The van der Waals surface area contributed by atoms with E-state index in [0.29, 0.717) is 5.17 Å². The van der Waals surface area contributed by atoms with E-state index >= 15 is 0 Å². The molecule has 1 N–H and O–H groups in total. The Balaban J connectivity index is 1.81. The molecule has 0 radical (unpaired) electrons. The lowest BCUT2D eigenvalue weighted by Crippen LogP contribution is -2.34. The van der Waals surface area contributed by atoms with Crippen LogP contribution >= 0.6 is 11.8 Å². The highest BCUT2D eigenvalue weighted by molar-refractivity contribution is 8.15. The van der Waals surface area contributed by atoms with Crippen molar-refractivity contribution in [3.63, 3.8) is 0 Å². The lowest BCUT2D eigenvalue weighted by Gasteiger charge is -2.19. The third kappa shape index (κ3) is 5.10. The van der Waals surface area contributed by atoms with Crippen molar-refractivity contribution in [3.05, 3.63) is 0 Å². The summed E-state index contributed by atoms with van der Waals surface area (Å²) < 4.78 is 28.3. The summed E-state index contributed by atoms with van der Waals surface area (Å²) in [6.07, 6.45) is -0.514. The molecule has 2 aliphatic heterocycles. The van der Waals surface area contributed by atoms with Crippen LogP contribution in [-0.2, 0) is 19.4 Å². The summed E-state index contributed by atoms with van der Waals surface area (Å²) in [6.45, 7) is 5.41. The minimum atomic E-state index is -2.99. The van der Waals surface area contributed by atoms with E-state index in [0.717, 1.165) is 0 Å². The molecule has 0 aromatic rings. The average molecular weight is 377 g/mol. The largest absolute Gasteiger partial charge is 0.444 e. The molecule has 10 heteroatoms. The number of ether oxygens (including phenoxy) is 1. The molecule has 24 heavy (non-hydrogen) atoms. The van der Waals surface area contributed by atoms with E-state index in [9.17, 15) is 18.0 Å². The third-order valence-electron chi connectivity index (χ3n) is 3.56. The van der Waals surface area contributed by atoms with Gasteiger partial charge in [-0.2, -0.15) is 4.99 Å². The molecule has 2 saturated heterocycles. The van der Waals surface area contributed by atoms with Gasteiger partial charge in [-0.3, -0.25) is 4.79 Å². The van der Waals surface area contributed by atoms with E-state index in [1.807, 2.05) is 0 Å². The van der Waals surface area contributed by atoms with Crippen molar-refractivity contribution >= 4 is 38.8 Å². The average Bonchev–Trinajstić information content (AvgIpc) is 2.82. The molecule has 0 unspecified atom stereocenters. The Morgan fingerprint density at radius 3 is 2.62 bits per heavy atom. The summed E-state index contributed by atoms with van der Waals surface area (Å²) in [5.41, 5.74) is -0.588. The third-order valence-corrected chi connectivity index (χ3v) is 6.86. The second kappa shape index (κ2) is 6.91. The number of thioether (sulfide) groups is 1. The van der Waals surface area contributed by atoms with Gasteiger partial charge >= 0.3 is 6.09 Å². The van der Waals surface area contributed by atoms with Crippen LogP contribution in [0.3, 0.4) is 0 Å². The summed E-state index contributed by atoms with van der Waals surface area (Å²) in [6, 6.07) is -0.119. The predicted octanol–water partition coefficient (Wildman–Crippen LogP) is 0.628. The Bertz CT molecular complexity index is 654. The summed E-state index contributed by atoms with van der Waals surface area (Å²) in [5.74, 6) is -0.127. The summed E-state index contributed by atoms with van der Waals surface area (Å²) >= 11 is 1.33. The van der Waals surface area contributed by atoms with Crippen LogP contribution in [0, 0.1) is 0 Å². The molecule has 0 saturated carbocycles. The summed E-state index contributed by atoms with van der Waals surface area (Å²) in [5, 5.41) is 2.99. The Labute approximate surface area is 146 Å². The lowest BCUT2D eigenvalue weighted by atomic mass is 10.2. The molecule has 2 amide bonds. The Kier molecular flexibility index (Phi) is 5.48. The molecule has 2 aliphatic rings. The number of hydrogen-bond donors (Lipinski definition) is 1. The zero-order valence-electron chi connectivity index (χ0n) is 14.2. The molecule has 2 rings (SSSR count). The first-order valence-electron chi connectivity index (χ1n) is 7.65. The monoisotopic (exact) mass is 377 g/mol. The fourth-order valence-electron chi connectivity index (χ4n) is 2.48. The first-order valence-corrected chi connectivity index (χ1v) is 10.4. The first kappa shape index (κ1) is 19.0. The fourth-order valence-corrected chi connectivity index (χ4v) is 6.50. The van der Waals surface area contributed by atoms with Gasteiger partial charge in [0.2, 0.25) is 5.91 Å². The Hall–Kier alpha value is -1.29. The molecule has 8 nitrogen and oxygen atoms in total. The maximum absolute atomic E-state index is 11.9. The van der Waals surface area contributed by atoms with Gasteiger partial charge in [-0.05, 0) is 20.8 Å². The van der Waals surface area contributed by atoms with Crippen molar-refractivity contribution in [1.29, 1.82) is 0 Å². The van der Waals surface area contributed by atoms with Crippen LogP contribution in [0.15, 0.2) is 4.99 Å². The van der Waals surface area contributed by atoms with Crippen LogP contribution in [0.4, 0.5) is 4.79 Å². The van der Waals surface area contributed by atoms with E-state index in [2.05, 4.69) is 10.3 Å². The maximum atomic E-state index is 11.9. The second-order valence-electron chi connectivity index (χ2n) is 6.88. The highest BCUT2D eigenvalue weighted by atomic mass is 32.2. The molecule has 0 aromatic carbocycles. The van der Waals surface area contributed by atoms with Gasteiger partial charge in [0.15, 0.2) is 15.0 Å². The van der Waals surface area contributed by atoms with Crippen molar-refractivity contribution < 1.29 is 22.7 Å². The van der Waals surface area contributed by atoms with Gasteiger partial charge in [0, 0.05) is 25.3 Å². The number of amidine groups is 1. The SMILES string of the molecule is CN1C(=NC(=O)CCNC(=O)OC(C)(C)C)S[C@@H]2CS(=O)(=O)C[C@H]21. The molecular weight excluding hydrogens is 354 g/mol. The first-order chi connectivity index (χ1) is 11.0. The molecular formula is C14H23N3O5S2. The van der Waals surface area contributed by atoms with Crippen molar-refractivity contribution in [2.24, 2.45) is 4.99 Å². The molecule has 136 valence electrons. The van der Waals surface area contributed by atoms with Crippen LogP contribution in [0.5, 0.6) is 0 Å². The number of carbonyl (C=O) groups excluding carboxylic acids is 2. The number of fused-ring (bicyclic) bond motifs is 1. The summed E-state index contributed by atoms with van der Waals surface area (Å²) in [7, 11) is -1.24. The molecule has 0 aromatic heterocycles. The quantitative estimate of drug-likeness (QED) is 0.769. The van der Waals surface area contributed by atoms with Crippen molar-refractivity contribution in [1.82, 2.24) is 10.2 Å². The number of aliphatic imine (C=N–C) groups is 1. The molecule has 0 bridgehead atoms.